The van der Waals surface area contributed by atoms with E-state index in [1.807, 2.05) is 24.3 Å². The zero-order valence-corrected chi connectivity index (χ0v) is 7.47. The minimum absolute atomic E-state index is 0.705. The Hall–Kier alpha value is -0.880. The van der Waals surface area contributed by atoms with Gasteiger partial charge in [0.2, 0.25) is 5.30 Å². The predicted octanol–water partition coefficient (Wildman–Crippen LogP) is 1.78. The van der Waals surface area contributed by atoms with E-state index in [1.54, 1.807) is 13.8 Å². The van der Waals surface area contributed by atoms with Gasteiger partial charge in [-0.1, -0.05) is 16.7 Å². The number of hydrogen-bond acceptors (Lipinski definition) is 2. The topological polar surface area (TPSA) is 26.3 Å². The van der Waals surface area contributed by atoms with Crippen LogP contribution in [0.25, 0.3) is 0 Å². The average molecular weight is 169 g/mol. The third kappa shape index (κ3) is 1.78. The molecule has 0 spiro atoms. The molecule has 0 bridgehead atoms. The molecule has 1 atom stereocenters. The van der Waals surface area contributed by atoms with E-state index < -0.39 is 7.80 Å². The smallest absolute Gasteiger partial charge is 0.377 e. The zero-order valence-electron chi connectivity index (χ0n) is 6.57. The van der Waals surface area contributed by atoms with Crippen LogP contribution in [0.1, 0.15) is 0 Å². The molecule has 3 heteroatoms. The molecule has 1 rings (SSSR count). The molecular formula is C8H10O2P+. The largest absolute Gasteiger partial charge is 0.492 e. The van der Waals surface area contributed by atoms with Crippen molar-refractivity contribution in [2.24, 2.45) is 0 Å². The Kier molecular flexibility index (Phi) is 2.61. The van der Waals surface area contributed by atoms with Gasteiger partial charge in [0.05, 0.1) is 7.11 Å². The van der Waals surface area contributed by atoms with Gasteiger partial charge in [-0.25, -0.2) is 0 Å². The number of rotatable bonds is 2. The van der Waals surface area contributed by atoms with Crippen molar-refractivity contribution in [3.05, 3.63) is 24.3 Å². The van der Waals surface area contributed by atoms with Gasteiger partial charge in [-0.05, 0) is 12.1 Å². The van der Waals surface area contributed by atoms with Crippen LogP contribution in [0.3, 0.4) is 0 Å². The normalized spacial score (nSPS) is 10.9. The van der Waals surface area contributed by atoms with Crippen molar-refractivity contribution in [3.63, 3.8) is 0 Å². The highest BCUT2D eigenvalue weighted by molar-refractivity contribution is 7.52. The number of methoxy groups -OCH3 is 1. The Bertz CT molecular complexity index is 271. The molecule has 1 unspecified atom stereocenters. The van der Waals surface area contributed by atoms with Crippen LogP contribution in [0.4, 0.5) is 0 Å². The monoisotopic (exact) mass is 169 g/mol. The fourth-order valence-electron chi connectivity index (χ4n) is 0.890. The number of hydrogen-bond donors (Lipinski definition) is 0. The standard InChI is InChI=1S/C8H10O2P/c1-10-7-5-3-4-6-8(7)11(2)9/h3-6H,1-2H3/q+1. The van der Waals surface area contributed by atoms with Gasteiger partial charge in [0.15, 0.2) is 5.75 Å². The molecule has 11 heavy (non-hydrogen) atoms. The maximum absolute atomic E-state index is 11.1. The van der Waals surface area contributed by atoms with Crippen LogP contribution in [0.2, 0.25) is 0 Å². The quantitative estimate of drug-likeness (QED) is 0.631. The van der Waals surface area contributed by atoms with Crippen LogP contribution < -0.4 is 10.0 Å². The first-order valence-electron chi connectivity index (χ1n) is 3.29. The molecule has 0 saturated heterocycles. The summed E-state index contributed by atoms with van der Waals surface area (Å²) in [6, 6.07) is 7.35. The Balaban J connectivity index is 3.12. The molecule has 0 radical (unpaired) electrons. The van der Waals surface area contributed by atoms with Crippen molar-refractivity contribution in [1.82, 2.24) is 0 Å². The first kappa shape index (κ1) is 8.22. The van der Waals surface area contributed by atoms with E-state index in [0.717, 1.165) is 5.30 Å². The molecule has 0 amide bonds. The summed E-state index contributed by atoms with van der Waals surface area (Å²) in [4.78, 5) is 0. The van der Waals surface area contributed by atoms with Crippen LogP contribution in [0.5, 0.6) is 5.75 Å². The van der Waals surface area contributed by atoms with E-state index >= 15 is 0 Å². The maximum Gasteiger partial charge on any atom is 0.377 e. The van der Waals surface area contributed by atoms with E-state index in [4.69, 9.17) is 4.74 Å². The van der Waals surface area contributed by atoms with Crippen LogP contribution in [0.15, 0.2) is 24.3 Å². The summed E-state index contributed by atoms with van der Waals surface area (Å²) >= 11 is 0. The molecule has 1 aromatic rings. The molecule has 0 fully saturated rings. The van der Waals surface area contributed by atoms with Crippen LogP contribution >= 0.6 is 7.80 Å². The summed E-state index contributed by atoms with van der Waals surface area (Å²) < 4.78 is 16.1. The molecule has 0 saturated carbocycles. The van der Waals surface area contributed by atoms with E-state index in [0.29, 0.717) is 5.75 Å². The minimum atomic E-state index is -1.30. The summed E-state index contributed by atoms with van der Waals surface area (Å²) in [5.74, 6) is 0.705. The van der Waals surface area contributed by atoms with Crippen molar-refractivity contribution >= 4 is 13.1 Å². The SMILES string of the molecule is COc1ccccc1[P+](C)=O. The Morgan fingerprint density at radius 3 is 2.45 bits per heavy atom. The van der Waals surface area contributed by atoms with Crippen molar-refractivity contribution in [1.29, 1.82) is 0 Å². The van der Waals surface area contributed by atoms with Crippen LogP contribution in [-0.2, 0) is 4.57 Å². The maximum atomic E-state index is 11.1. The van der Waals surface area contributed by atoms with E-state index in [1.165, 1.54) is 0 Å². The molecule has 0 aliphatic rings. The molecule has 58 valence electrons. The van der Waals surface area contributed by atoms with E-state index in [-0.39, 0.29) is 0 Å². The molecule has 0 heterocycles. The third-order valence-corrected chi connectivity index (χ3v) is 2.47. The van der Waals surface area contributed by atoms with Crippen LogP contribution in [0, 0.1) is 0 Å². The average Bonchev–Trinajstić information content (AvgIpc) is 2.04. The van der Waals surface area contributed by atoms with Crippen molar-refractivity contribution < 1.29 is 9.30 Å². The summed E-state index contributed by atoms with van der Waals surface area (Å²) in [7, 11) is 0.284. The summed E-state index contributed by atoms with van der Waals surface area (Å²) in [6.07, 6.45) is 0. The fourth-order valence-corrected chi connectivity index (χ4v) is 1.66. The summed E-state index contributed by atoms with van der Waals surface area (Å²) in [5, 5.41) is 0.782. The fraction of sp³-hybridized carbons (Fsp3) is 0.250. The van der Waals surface area contributed by atoms with Gasteiger partial charge in [0.1, 0.15) is 6.66 Å². The highest BCUT2D eigenvalue weighted by Crippen LogP contribution is 2.20. The molecule has 0 aliphatic carbocycles. The van der Waals surface area contributed by atoms with Gasteiger partial charge in [-0.3, -0.25) is 0 Å². The highest BCUT2D eigenvalue weighted by Gasteiger charge is 2.16. The van der Waals surface area contributed by atoms with Gasteiger partial charge in [-0.2, -0.15) is 0 Å². The first-order valence-corrected chi connectivity index (χ1v) is 5.00. The molecule has 1 aromatic carbocycles. The summed E-state index contributed by atoms with van der Waals surface area (Å²) in [6.45, 7) is 1.67. The van der Waals surface area contributed by atoms with Crippen molar-refractivity contribution in [2.45, 2.75) is 0 Å². The lowest BCUT2D eigenvalue weighted by Gasteiger charge is -1.96. The van der Waals surface area contributed by atoms with Gasteiger partial charge < -0.3 is 4.74 Å². The Morgan fingerprint density at radius 1 is 1.36 bits per heavy atom. The lowest BCUT2D eigenvalue weighted by atomic mass is 10.3. The zero-order chi connectivity index (χ0) is 8.27. The first-order chi connectivity index (χ1) is 5.25. The minimum Gasteiger partial charge on any atom is -0.492 e. The number of ether oxygens (including phenoxy) is 1. The van der Waals surface area contributed by atoms with Gasteiger partial charge >= 0.3 is 7.80 Å². The lowest BCUT2D eigenvalue weighted by Crippen LogP contribution is -2.00. The van der Waals surface area contributed by atoms with Gasteiger partial charge in [-0.15, -0.1) is 0 Å². The van der Waals surface area contributed by atoms with Gasteiger partial charge in [0.25, 0.3) is 0 Å². The number of benzene rings is 1. The van der Waals surface area contributed by atoms with E-state index in [9.17, 15) is 4.57 Å². The second-order valence-electron chi connectivity index (χ2n) is 2.17. The molecule has 2 nitrogen and oxygen atoms in total. The molecule has 0 N–H and O–H groups in total. The summed E-state index contributed by atoms with van der Waals surface area (Å²) in [5.41, 5.74) is 0. The van der Waals surface area contributed by atoms with Crippen molar-refractivity contribution in [2.75, 3.05) is 13.8 Å². The Labute approximate surface area is 67.0 Å². The highest BCUT2D eigenvalue weighted by atomic mass is 31.1. The predicted molar refractivity (Wildman–Crippen MR) is 46.2 cm³/mol. The van der Waals surface area contributed by atoms with Gasteiger partial charge in [0, 0.05) is 0 Å². The molecule has 0 aromatic heterocycles. The second kappa shape index (κ2) is 3.49. The second-order valence-corrected chi connectivity index (χ2v) is 3.65. The van der Waals surface area contributed by atoms with Crippen LogP contribution in [-0.4, -0.2) is 13.8 Å². The van der Waals surface area contributed by atoms with Crippen molar-refractivity contribution in [3.8, 4) is 5.75 Å². The molecule has 0 aliphatic heterocycles. The third-order valence-electron chi connectivity index (χ3n) is 1.42. The molecular weight excluding hydrogens is 159 g/mol. The number of para-hydroxylation sites is 1. The van der Waals surface area contributed by atoms with E-state index in [2.05, 4.69) is 0 Å². The lowest BCUT2D eigenvalue weighted by molar-refractivity contribution is 0.418. The Morgan fingerprint density at radius 2 is 2.00 bits per heavy atom.